The SMILES string of the molecule is CCOc1cc([C@@H](CS(C)(=O)=O)N2Cc3c(Br)ccc(NC(=O)C4CC4)c3C2=O)ccc1OC. The molecule has 1 N–H and O–H groups in total. The molecule has 1 heterocycles. The fourth-order valence-electron chi connectivity index (χ4n) is 4.16. The molecule has 0 spiro atoms. The monoisotopic (exact) mass is 550 g/mol. The predicted molar refractivity (Wildman–Crippen MR) is 132 cm³/mol. The van der Waals surface area contributed by atoms with Crippen molar-refractivity contribution in [2.24, 2.45) is 5.92 Å². The average molecular weight is 551 g/mol. The standard InChI is InChI=1S/C24H27BrN2O6S/c1-4-33-21-11-15(7-10-20(21)32-2)19(13-34(3,30)31)27-12-16-17(25)8-9-18(22(16)24(27)29)26-23(28)14-5-6-14/h7-11,14,19H,4-6,12-13H2,1-3H3,(H,26,28)/t19-/m1/s1. The second-order valence-corrected chi connectivity index (χ2v) is 11.6. The molecule has 4 rings (SSSR count). The minimum atomic E-state index is -3.45. The number of sulfone groups is 1. The van der Waals surface area contributed by atoms with E-state index < -0.39 is 15.9 Å². The molecule has 10 heteroatoms. The zero-order valence-corrected chi connectivity index (χ0v) is 21.7. The van der Waals surface area contributed by atoms with Crippen LogP contribution in [0.15, 0.2) is 34.8 Å². The zero-order chi connectivity index (χ0) is 24.6. The second-order valence-electron chi connectivity index (χ2n) is 8.60. The van der Waals surface area contributed by atoms with Gasteiger partial charge in [0.1, 0.15) is 9.84 Å². The molecule has 0 unspecified atom stereocenters. The Morgan fingerprint density at radius 3 is 2.59 bits per heavy atom. The molecule has 8 nitrogen and oxygen atoms in total. The average Bonchev–Trinajstić information content (AvgIpc) is 3.57. The van der Waals surface area contributed by atoms with Crippen LogP contribution < -0.4 is 14.8 Å². The van der Waals surface area contributed by atoms with Crippen molar-refractivity contribution in [3.05, 3.63) is 51.5 Å². The maximum absolute atomic E-state index is 13.7. The van der Waals surface area contributed by atoms with Crippen LogP contribution in [0.1, 0.15) is 47.3 Å². The van der Waals surface area contributed by atoms with Gasteiger partial charge in [0.25, 0.3) is 5.91 Å². The molecule has 1 fully saturated rings. The van der Waals surface area contributed by atoms with Crippen molar-refractivity contribution in [1.82, 2.24) is 4.90 Å². The third kappa shape index (κ3) is 5.07. The van der Waals surface area contributed by atoms with E-state index in [0.29, 0.717) is 34.9 Å². The molecular weight excluding hydrogens is 524 g/mol. The van der Waals surface area contributed by atoms with Gasteiger partial charge in [-0.05, 0) is 49.6 Å². The molecule has 0 bridgehead atoms. The van der Waals surface area contributed by atoms with Crippen molar-refractivity contribution in [2.75, 3.05) is 31.0 Å². The second kappa shape index (κ2) is 9.58. The van der Waals surface area contributed by atoms with Gasteiger partial charge in [0.2, 0.25) is 5.91 Å². The van der Waals surface area contributed by atoms with E-state index in [1.807, 2.05) is 6.92 Å². The van der Waals surface area contributed by atoms with Gasteiger partial charge in [-0.25, -0.2) is 8.42 Å². The molecule has 1 aliphatic carbocycles. The summed E-state index contributed by atoms with van der Waals surface area (Å²) in [6.45, 7) is 2.45. The highest BCUT2D eigenvalue weighted by molar-refractivity contribution is 9.10. The maximum Gasteiger partial charge on any atom is 0.257 e. The fraction of sp³-hybridized carbons (Fsp3) is 0.417. The highest BCUT2D eigenvalue weighted by Crippen LogP contribution is 2.41. The molecule has 1 atom stereocenters. The molecule has 2 aromatic rings. The predicted octanol–water partition coefficient (Wildman–Crippen LogP) is 3.95. The molecule has 2 aliphatic rings. The maximum atomic E-state index is 13.7. The third-order valence-electron chi connectivity index (χ3n) is 5.97. The summed E-state index contributed by atoms with van der Waals surface area (Å²) in [6.07, 6.45) is 2.85. The first-order chi connectivity index (χ1) is 16.1. The van der Waals surface area contributed by atoms with Gasteiger partial charge in [0.15, 0.2) is 11.5 Å². The molecule has 1 aliphatic heterocycles. The van der Waals surface area contributed by atoms with Gasteiger partial charge >= 0.3 is 0 Å². The van der Waals surface area contributed by atoms with E-state index in [1.54, 1.807) is 35.2 Å². The highest BCUT2D eigenvalue weighted by atomic mass is 79.9. The first kappa shape index (κ1) is 24.5. The van der Waals surface area contributed by atoms with Gasteiger partial charge in [-0.2, -0.15) is 0 Å². The normalized spacial score (nSPS) is 16.2. The lowest BCUT2D eigenvalue weighted by molar-refractivity contribution is -0.117. The lowest BCUT2D eigenvalue weighted by atomic mass is 10.1. The number of carbonyl (C=O) groups is 2. The number of rotatable bonds is 9. The number of nitrogens with one attached hydrogen (secondary N) is 1. The van der Waals surface area contributed by atoms with Crippen LogP contribution in [0.25, 0.3) is 0 Å². The van der Waals surface area contributed by atoms with Crippen molar-refractivity contribution >= 4 is 43.3 Å². The van der Waals surface area contributed by atoms with Crippen molar-refractivity contribution in [3.8, 4) is 11.5 Å². The molecule has 0 radical (unpaired) electrons. The fourth-order valence-corrected chi connectivity index (χ4v) is 5.57. The largest absolute Gasteiger partial charge is 0.493 e. The Morgan fingerprint density at radius 1 is 1.24 bits per heavy atom. The Hall–Kier alpha value is -2.59. The molecule has 2 amide bonds. The number of anilines is 1. The molecular formula is C24H27BrN2O6S. The summed E-state index contributed by atoms with van der Waals surface area (Å²) in [5.41, 5.74) is 2.18. The minimum Gasteiger partial charge on any atom is -0.493 e. The molecule has 1 saturated carbocycles. The van der Waals surface area contributed by atoms with E-state index in [1.165, 1.54) is 7.11 Å². The van der Waals surface area contributed by atoms with Crippen LogP contribution in [0.4, 0.5) is 5.69 Å². The number of amides is 2. The number of hydrogen-bond donors (Lipinski definition) is 1. The van der Waals surface area contributed by atoms with E-state index in [9.17, 15) is 18.0 Å². The Bertz CT molecular complexity index is 1240. The zero-order valence-electron chi connectivity index (χ0n) is 19.3. The Balaban J connectivity index is 1.74. The van der Waals surface area contributed by atoms with Crippen LogP contribution in [0.2, 0.25) is 0 Å². The highest BCUT2D eigenvalue weighted by Gasteiger charge is 2.39. The number of methoxy groups -OCH3 is 1. The Kier molecular flexibility index (Phi) is 6.91. The van der Waals surface area contributed by atoms with Crippen LogP contribution in [0.3, 0.4) is 0 Å². The topological polar surface area (TPSA) is 102 Å². The van der Waals surface area contributed by atoms with Gasteiger partial charge < -0.3 is 19.7 Å². The van der Waals surface area contributed by atoms with E-state index >= 15 is 0 Å². The first-order valence-electron chi connectivity index (χ1n) is 11.0. The van der Waals surface area contributed by atoms with Gasteiger partial charge in [0.05, 0.1) is 36.8 Å². The van der Waals surface area contributed by atoms with Crippen LogP contribution in [-0.4, -0.2) is 50.9 Å². The van der Waals surface area contributed by atoms with Crippen LogP contribution in [0.5, 0.6) is 11.5 Å². The Morgan fingerprint density at radius 2 is 1.97 bits per heavy atom. The summed E-state index contributed by atoms with van der Waals surface area (Å²) in [5.74, 6) is 0.300. The minimum absolute atomic E-state index is 0.0128. The molecule has 0 aromatic heterocycles. The van der Waals surface area contributed by atoms with E-state index in [2.05, 4.69) is 21.2 Å². The number of carbonyl (C=O) groups excluding carboxylic acids is 2. The summed E-state index contributed by atoms with van der Waals surface area (Å²) < 4.78 is 36.5. The Labute approximate surface area is 207 Å². The van der Waals surface area contributed by atoms with Crippen molar-refractivity contribution in [2.45, 2.75) is 32.4 Å². The number of hydrogen-bond acceptors (Lipinski definition) is 6. The quantitative estimate of drug-likeness (QED) is 0.507. The van der Waals surface area contributed by atoms with Crippen molar-refractivity contribution in [1.29, 1.82) is 0 Å². The van der Waals surface area contributed by atoms with E-state index in [-0.39, 0.29) is 30.0 Å². The molecule has 182 valence electrons. The van der Waals surface area contributed by atoms with Gasteiger partial charge in [-0.3, -0.25) is 9.59 Å². The molecule has 34 heavy (non-hydrogen) atoms. The smallest absolute Gasteiger partial charge is 0.257 e. The summed E-state index contributed by atoms with van der Waals surface area (Å²) in [4.78, 5) is 27.6. The van der Waals surface area contributed by atoms with E-state index in [4.69, 9.17) is 9.47 Å². The molecule has 2 aromatic carbocycles. The number of halogens is 1. The number of benzene rings is 2. The van der Waals surface area contributed by atoms with Gasteiger partial charge in [0, 0.05) is 28.8 Å². The van der Waals surface area contributed by atoms with Crippen molar-refractivity contribution in [3.63, 3.8) is 0 Å². The number of fused-ring (bicyclic) bond motifs is 1. The van der Waals surface area contributed by atoms with Crippen LogP contribution in [0, 0.1) is 5.92 Å². The third-order valence-corrected chi connectivity index (χ3v) is 7.64. The molecule has 0 saturated heterocycles. The summed E-state index contributed by atoms with van der Waals surface area (Å²) in [6, 6.07) is 7.93. The first-order valence-corrected chi connectivity index (χ1v) is 13.9. The number of ether oxygens (including phenoxy) is 2. The van der Waals surface area contributed by atoms with Gasteiger partial charge in [-0.1, -0.05) is 22.0 Å². The van der Waals surface area contributed by atoms with Gasteiger partial charge in [-0.15, -0.1) is 0 Å². The lowest BCUT2D eigenvalue weighted by Gasteiger charge is -2.28. The van der Waals surface area contributed by atoms with Crippen LogP contribution in [-0.2, 0) is 21.2 Å². The van der Waals surface area contributed by atoms with Crippen LogP contribution >= 0.6 is 15.9 Å². The summed E-state index contributed by atoms with van der Waals surface area (Å²) in [5, 5.41) is 2.89. The lowest BCUT2D eigenvalue weighted by Crippen LogP contribution is -2.34. The summed E-state index contributed by atoms with van der Waals surface area (Å²) >= 11 is 3.52. The number of nitrogens with zero attached hydrogens (tertiary/aromatic N) is 1. The van der Waals surface area contributed by atoms with Crippen molar-refractivity contribution < 1.29 is 27.5 Å². The van der Waals surface area contributed by atoms with E-state index in [0.717, 1.165) is 29.1 Å². The summed E-state index contributed by atoms with van der Waals surface area (Å²) in [7, 11) is -1.92.